The van der Waals surface area contributed by atoms with Gasteiger partial charge in [-0.15, -0.1) is 0 Å². The van der Waals surface area contributed by atoms with Gasteiger partial charge in [-0.2, -0.15) is 0 Å². The minimum atomic E-state index is -2.95. The van der Waals surface area contributed by atoms with E-state index in [1.165, 1.54) is 11.0 Å². The van der Waals surface area contributed by atoms with E-state index < -0.39 is 9.84 Å². The van der Waals surface area contributed by atoms with Crippen molar-refractivity contribution >= 4 is 25.8 Å². The number of hydrogen-bond donors (Lipinski definition) is 1. The van der Waals surface area contributed by atoms with Crippen LogP contribution >= 0.6 is 15.9 Å². The third-order valence-electron chi connectivity index (χ3n) is 3.84. The molecule has 1 aromatic carbocycles. The Kier molecular flexibility index (Phi) is 3.53. The topological polar surface area (TPSA) is 46.2 Å². The van der Waals surface area contributed by atoms with Crippen LogP contribution in [-0.4, -0.2) is 26.3 Å². The molecule has 1 aliphatic heterocycles. The first-order valence-corrected chi connectivity index (χ1v) is 8.95. The highest BCUT2D eigenvalue weighted by Crippen LogP contribution is 2.38. The first kappa shape index (κ1) is 13.3. The van der Waals surface area contributed by atoms with Crippen LogP contribution in [0.1, 0.15) is 24.3 Å². The lowest BCUT2D eigenvalue weighted by molar-refractivity contribution is 0.283. The van der Waals surface area contributed by atoms with Gasteiger partial charge in [0.25, 0.3) is 0 Å². The molecule has 102 valence electrons. The zero-order valence-corrected chi connectivity index (χ0v) is 12.8. The smallest absolute Gasteiger partial charge is 0.173 e. The summed E-state index contributed by atoms with van der Waals surface area (Å²) >= 11 is 3.49. The van der Waals surface area contributed by atoms with Gasteiger partial charge in [0.15, 0.2) is 9.84 Å². The zero-order chi connectivity index (χ0) is 13.5. The quantitative estimate of drug-likeness (QED) is 0.919. The zero-order valence-electron chi connectivity index (χ0n) is 10.4. The van der Waals surface area contributed by atoms with Crippen molar-refractivity contribution in [3.8, 4) is 0 Å². The number of benzene rings is 1. The number of sulfone groups is 1. The van der Waals surface area contributed by atoms with Gasteiger partial charge in [0, 0.05) is 22.0 Å². The maximum absolute atomic E-state index is 11.3. The largest absolute Gasteiger partial charge is 0.307 e. The average Bonchev–Trinajstić information content (AvgIpc) is 2.63. The lowest BCUT2D eigenvalue weighted by atomic mass is 9.75. The van der Waals surface area contributed by atoms with Gasteiger partial charge in [0.1, 0.15) is 0 Å². The first-order chi connectivity index (χ1) is 9.02. The maximum atomic E-state index is 11.3. The minimum Gasteiger partial charge on any atom is -0.307 e. The molecular formula is C14H16BrNO2S. The van der Waals surface area contributed by atoms with E-state index in [4.69, 9.17) is 0 Å². The van der Waals surface area contributed by atoms with Crippen LogP contribution in [0, 0.1) is 0 Å². The van der Waals surface area contributed by atoms with Crippen molar-refractivity contribution in [1.29, 1.82) is 0 Å². The lowest BCUT2D eigenvalue weighted by Crippen LogP contribution is -2.45. The second-order valence-electron chi connectivity index (χ2n) is 5.35. The summed E-state index contributed by atoms with van der Waals surface area (Å²) in [6.45, 7) is 0. The van der Waals surface area contributed by atoms with E-state index in [0.717, 1.165) is 17.3 Å². The Hall–Kier alpha value is -0.650. The molecule has 1 fully saturated rings. The third kappa shape index (κ3) is 3.09. The van der Waals surface area contributed by atoms with Crippen molar-refractivity contribution in [2.24, 2.45) is 0 Å². The standard InChI is InChI=1S/C14H16BrNO2S/c15-12-3-1-2-10(6-12)11-7-14(8-11)16-13-4-5-19(17,18)9-13/h1-6,11,13-14,16H,7-9H2. The molecule has 0 aromatic heterocycles. The van der Waals surface area contributed by atoms with Crippen LogP contribution < -0.4 is 5.32 Å². The van der Waals surface area contributed by atoms with E-state index >= 15 is 0 Å². The van der Waals surface area contributed by atoms with Gasteiger partial charge < -0.3 is 5.32 Å². The Bertz CT molecular complexity index is 606. The Balaban J connectivity index is 1.53. The Labute approximate surface area is 122 Å². The summed E-state index contributed by atoms with van der Waals surface area (Å²) in [5.41, 5.74) is 1.36. The number of rotatable bonds is 3. The van der Waals surface area contributed by atoms with Crippen molar-refractivity contribution in [1.82, 2.24) is 5.32 Å². The van der Waals surface area contributed by atoms with Crippen LogP contribution in [-0.2, 0) is 9.84 Å². The monoisotopic (exact) mass is 341 g/mol. The average molecular weight is 342 g/mol. The second-order valence-corrected chi connectivity index (χ2v) is 8.20. The Morgan fingerprint density at radius 2 is 2.05 bits per heavy atom. The van der Waals surface area contributed by atoms with Crippen LogP contribution in [0.2, 0.25) is 0 Å². The Morgan fingerprint density at radius 1 is 1.26 bits per heavy atom. The van der Waals surface area contributed by atoms with Crippen molar-refractivity contribution in [2.45, 2.75) is 30.8 Å². The van der Waals surface area contributed by atoms with Gasteiger partial charge in [-0.1, -0.05) is 34.1 Å². The lowest BCUT2D eigenvalue weighted by Gasteiger charge is -2.37. The molecule has 19 heavy (non-hydrogen) atoms. The highest BCUT2D eigenvalue weighted by atomic mass is 79.9. The van der Waals surface area contributed by atoms with Gasteiger partial charge >= 0.3 is 0 Å². The van der Waals surface area contributed by atoms with E-state index in [-0.39, 0.29) is 11.8 Å². The molecule has 5 heteroatoms. The van der Waals surface area contributed by atoms with E-state index in [2.05, 4.69) is 39.4 Å². The predicted octanol–water partition coefficient (Wildman–Crippen LogP) is 2.60. The van der Waals surface area contributed by atoms with E-state index in [0.29, 0.717) is 12.0 Å². The molecule has 2 aliphatic rings. The SMILES string of the molecule is O=S1(=O)C=CC(NC2CC(c3cccc(Br)c3)C2)C1. The molecule has 0 saturated heterocycles. The van der Waals surface area contributed by atoms with Gasteiger partial charge in [0.05, 0.1) is 5.75 Å². The van der Waals surface area contributed by atoms with Crippen LogP contribution in [0.25, 0.3) is 0 Å². The van der Waals surface area contributed by atoms with Crippen LogP contribution in [0.5, 0.6) is 0 Å². The van der Waals surface area contributed by atoms with Crippen LogP contribution in [0.3, 0.4) is 0 Å². The van der Waals surface area contributed by atoms with E-state index in [1.807, 2.05) is 6.07 Å². The highest BCUT2D eigenvalue weighted by molar-refractivity contribution is 9.10. The fourth-order valence-electron chi connectivity index (χ4n) is 2.77. The molecular weight excluding hydrogens is 326 g/mol. The van der Waals surface area contributed by atoms with E-state index in [1.54, 1.807) is 6.08 Å². The molecule has 3 rings (SSSR count). The van der Waals surface area contributed by atoms with Gasteiger partial charge in [0.2, 0.25) is 0 Å². The molecule has 1 N–H and O–H groups in total. The summed E-state index contributed by atoms with van der Waals surface area (Å²) in [4.78, 5) is 0. The number of nitrogens with one attached hydrogen (secondary N) is 1. The number of hydrogen-bond acceptors (Lipinski definition) is 3. The van der Waals surface area contributed by atoms with Gasteiger partial charge in [-0.3, -0.25) is 0 Å². The molecule has 1 saturated carbocycles. The van der Waals surface area contributed by atoms with Crippen molar-refractivity contribution in [3.05, 3.63) is 45.8 Å². The molecule has 0 radical (unpaired) electrons. The van der Waals surface area contributed by atoms with Crippen LogP contribution in [0.15, 0.2) is 40.2 Å². The van der Waals surface area contributed by atoms with E-state index in [9.17, 15) is 8.42 Å². The molecule has 1 aromatic rings. The number of halogens is 1. The Morgan fingerprint density at radius 3 is 2.68 bits per heavy atom. The van der Waals surface area contributed by atoms with Crippen molar-refractivity contribution < 1.29 is 8.42 Å². The molecule has 0 bridgehead atoms. The molecule has 1 unspecified atom stereocenters. The summed E-state index contributed by atoms with van der Waals surface area (Å²) in [5.74, 6) is 0.808. The first-order valence-electron chi connectivity index (χ1n) is 6.44. The second kappa shape index (κ2) is 5.04. The van der Waals surface area contributed by atoms with Gasteiger partial charge in [-0.05, 0) is 36.5 Å². The summed E-state index contributed by atoms with van der Waals surface area (Å²) in [7, 11) is -2.95. The fourth-order valence-corrected chi connectivity index (χ4v) is 4.43. The van der Waals surface area contributed by atoms with Crippen molar-refractivity contribution in [3.63, 3.8) is 0 Å². The molecule has 0 amide bonds. The van der Waals surface area contributed by atoms with Gasteiger partial charge in [-0.25, -0.2) is 8.42 Å². The molecule has 0 spiro atoms. The fraction of sp³-hybridized carbons (Fsp3) is 0.429. The predicted molar refractivity (Wildman–Crippen MR) is 79.8 cm³/mol. The summed E-state index contributed by atoms with van der Waals surface area (Å²) in [5, 5.41) is 4.74. The summed E-state index contributed by atoms with van der Waals surface area (Å²) in [6, 6.07) is 8.86. The molecule has 1 atom stereocenters. The maximum Gasteiger partial charge on any atom is 0.173 e. The molecule has 1 heterocycles. The highest BCUT2D eigenvalue weighted by Gasteiger charge is 2.33. The molecule has 1 aliphatic carbocycles. The molecule has 3 nitrogen and oxygen atoms in total. The normalized spacial score (nSPS) is 32.2. The summed E-state index contributed by atoms with van der Waals surface area (Å²) in [6.07, 6.45) is 3.93. The van der Waals surface area contributed by atoms with Crippen molar-refractivity contribution in [2.75, 3.05) is 5.75 Å². The third-order valence-corrected chi connectivity index (χ3v) is 5.73. The van der Waals surface area contributed by atoms with Crippen LogP contribution in [0.4, 0.5) is 0 Å². The minimum absolute atomic E-state index is 0.00143. The summed E-state index contributed by atoms with van der Waals surface area (Å²) < 4.78 is 23.8.